The molecule has 2 aromatic rings. The first-order valence-electron chi connectivity index (χ1n) is 6.62. The van der Waals surface area contributed by atoms with Crippen molar-refractivity contribution in [3.05, 3.63) is 40.8 Å². The summed E-state index contributed by atoms with van der Waals surface area (Å²) >= 11 is 1.37. The van der Waals surface area contributed by atoms with E-state index < -0.39 is 0 Å². The largest absolute Gasteiger partial charge is 0.497 e. The normalized spacial score (nSPS) is 10.2. The van der Waals surface area contributed by atoms with Crippen LogP contribution in [0.15, 0.2) is 30.3 Å². The maximum atomic E-state index is 11.6. The van der Waals surface area contributed by atoms with Gasteiger partial charge in [0.25, 0.3) is 5.91 Å². The lowest BCUT2D eigenvalue weighted by atomic mass is 10.1. The summed E-state index contributed by atoms with van der Waals surface area (Å²) in [6.45, 7) is 0.777. The van der Waals surface area contributed by atoms with Gasteiger partial charge in [-0.05, 0) is 30.2 Å². The second kappa shape index (κ2) is 6.99. The first kappa shape index (κ1) is 15.2. The van der Waals surface area contributed by atoms with Gasteiger partial charge in [0.15, 0.2) is 0 Å². The summed E-state index contributed by atoms with van der Waals surface area (Å²) in [7, 11) is 3.25. The summed E-state index contributed by atoms with van der Waals surface area (Å²) in [4.78, 5) is 12.1. The third-order valence-electron chi connectivity index (χ3n) is 3.07. The van der Waals surface area contributed by atoms with Crippen molar-refractivity contribution in [3.8, 4) is 5.75 Å². The molecule has 1 aromatic heterocycles. The van der Waals surface area contributed by atoms with Gasteiger partial charge in [-0.15, -0.1) is 11.3 Å². The molecular formula is C15H19N3O2S. The predicted molar refractivity (Wildman–Crippen MR) is 87.3 cm³/mol. The van der Waals surface area contributed by atoms with Gasteiger partial charge in [0, 0.05) is 13.6 Å². The first-order chi connectivity index (χ1) is 10.1. The molecule has 0 saturated heterocycles. The molecule has 0 unspecified atom stereocenters. The monoisotopic (exact) mass is 305 g/mol. The Kier molecular flexibility index (Phi) is 5.05. The Morgan fingerprint density at radius 2 is 2.05 bits per heavy atom. The molecule has 0 radical (unpaired) electrons. The van der Waals surface area contributed by atoms with Gasteiger partial charge >= 0.3 is 0 Å². The van der Waals surface area contributed by atoms with Gasteiger partial charge in [-0.1, -0.05) is 12.1 Å². The van der Waals surface area contributed by atoms with Crippen LogP contribution >= 0.6 is 11.3 Å². The zero-order valence-corrected chi connectivity index (χ0v) is 12.9. The van der Waals surface area contributed by atoms with E-state index in [2.05, 4.69) is 10.6 Å². The van der Waals surface area contributed by atoms with Crippen LogP contribution in [0.3, 0.4) is 0 Å². The Morgan fingerprint density at radius 1 is 1.33 bits per heavy atom. The molecule has 4 N–H and O–H groups in total. The maximum Gasteiger partial charge on any atom is 0.263 e. The van der Waals surface area contributed by atoms with Crippen molar-refractivity contribution in [1.82, 2.24) is 5.32 Å². The number of carbonyl (C=O) groups excluding carboxylic acids is 1. The van der Waals surface area contributed by atoms with Crippen molar-refractivity contribution in [2.75, 3.05) is 31.8 Å². The van der Waals surface area contributed by atoms with Gasteiger partial charge in [0.2, 0.25) is 0 Å². The summed E-state index contributed by atoms with van der Waals surface area (Å²) in [5.74, 6) is 0.702. The van der Waals surface area contributed by atoms with E-state index >= 15 is 0 Å². The van der Waals surface area contributed by atoms with Crippen LogP contribution < -0.4 is 21.1 Å². The molecule has 21 heavy (non-hydrogen) atoms. The molecule has 0 aliphatic carbocycles. The highest BCUT2D eigenvalue weighted by atomic mass is 32.1. The van der Waals surface area contributed by atoms with Crippen LogP contribution in [-0.2, 0) is 6.42 Å². The molecule has 1 heterocycles. The number of benzene rings is 1. The van der Waals surface area contributed by atoms with Crippen molar-refractivity contribution in [1.29, 1.82) is 0 Å². The highest BCUT2D eigenvalue weighted by Crippen LogP contribution is 2.29. The minimum atomic E-state index is -0.152. The second-order valence-corrected chi connectivity index (χ2v) is 5.55. The molecule has 6 heteroatoms. The van der Waals surface area contributed by atoms with Crippen molar-refractivity contribution in [2.24, 2.45) is 0 Å². The number of carbonyl (C=O) groups is 1. The van der Waals surface area contributed by atoms with Gasteiger partial charge in [0.1, 0.15) is 10.6 Å². The molecule has 0 atom stereocenters. The van der Waals surface area contributed by atoms with Crippen molar-refractivity contribution in [2.45, 2.75) is 6.42 Å². The molecule has 1 amide bonds. The number of thiophene rings is 1. The topological polar surface area (TPSA) is 76.4 Å². The summed E-state index contributed by atoms with van der Waals surface area (Å²) in [6, 6.07) is 9.77. The van der Waals surface area contributed by atoms with Gasteiger partial charge in [-0.3, -0.25) is 4.79 Å². The number of ether oxygens (including phenoxy) is 1. The number of anilines is 2. The van der Waals surface area contributed by atoms with Gasteiger partial charge < -0.3 is 21.1 Å². The fraction of sp³-hybridized carbons (Fsp3) is 0.267. The Bertz CT molecular complexity index is 608. The Balaban J connectivity index is 1.89. The Labute approximate surface area is 128 Å². The number of rotatable bonds is 6. The molecule has 5 nitrogen and oxygen atoms in total. The van der Waals surface area contributed by atoms with E-state index in [9.17, 15) is 4.79 Å². The minimum absolute atomic E-state index is 0.152. The number of hydrogen-bond acceptors (Lipinski definition) is 5. The van der Waals surface area contributed by atoms with Crippen LogP contribution in [-0.4, -0.2) is 26.6 Å². The van der Waals surface area contributed by atoms with E-state index in [0.717, 1.165) is 23.7 Å². The lowest BCUT2D eigenvalue weighted by Crippen LogP contribution is -2.17. The molecule has 0 aliphatic rings. The van der Waals surface area contributed by atoms with E-state index in [4.69, 9.17) is 10.5 Å². The zero-order chi connectivity index (χ0) is 15.2. The number of hydrogen-bond donors (Lipinski definition) is 3. The number of methoxy groups -OCH3 is 1. The fourth-order valence-electron chi connectivity index (χ4n) is 1.91. The number of nitrogens with one attached hydrogen (secondary N) is 2. The highest BCUT2D eigenvalue weighted by Gasteiger charge is 2.12. The fourth-order valence-corrected chi connectivity index (χ4v) is 2.86. The standard InChI is InChI=1S/C15H19N3O2S/c1-17-15(19)14-12(16)9-13(21-14)18-8-7-10-3-5-11(20-2)6-4-10/h3-6,9,18H,7-8,16H2,1-2H3,(H,17,19). The molecule has 0 aliphatic heterocycles. The van der Waals surface area contributed by atoms with Crippen LogP contribution in [0.25, 0.3) is 0 Å². The summed E-state index contributed by atoms with van der Waals surface area (Å²) in [5, 5.41) is 6.77. The molecule has 0 saturated carbocycles. The van der Waals surface area contributed by atoms with E-state index in [1.807, 2.05) is 24.3 Å². The average molecular weight is 305 g/mol. The van der Waals surface area contributed by atoms with Gasteiger partial charge in [-0.2, -0.15) is 0 Å². The third-order valence-corrected chi connectivity index (χ3v) is 4.17. The Morgan fingerprint density at radius 3 is 2.67 bits per heavy atom. The zero-order valence-electron chi connectivity index (χ0n) is 12.1. The molecule has 0 spiro atoms. The van der Waals surface area contributed by atoms with Crippen LogP contribution in [0.2, 0.25) is 0 Å². The number of nitrogens with two attached hydrogens (primary N) is 1. The lowest BCUT2D eigenvalue weighted by Gasteiger charge is -2.05. The van der Waals surface area contributed by atoms with E-state index in [0.29, 0.717) is 10.6 Å². The minimum Gasteiger partial charge on any atom is -0.497 e. The molecule has 2 rings (SSSR count). The van der Waals surface area contributed by atoms with E-state index in [1.165, 1.54) is 16.9 Å². The second-order valence-electron chi connectivity index (χ2n) is 4.50. The first-order valence-corrected chi connectivity index (χ1v) is 7.44. The highest BCUT2D eigenvalue weighted by molar-refractivity contribution is 7.18. The summed E-state index contributed by atoms with van der Waals surface area (Å²) in [5.41, 5.74) is 7.56. The number of amides is 1. The number of nitrogen functional groups attached to an aromatic ring is 1. The molecular weight excluding hydrogens is 286 g/mol. The lowest BCUT2D eigenvalue weighted by molar-refractivity contribution is 0.0968. The van der Waals surface area contributed by atoms with Crippen LogP contribution in [0.1, 0.15) is 15.2 Å². The van der Waals surface area contributed by atoms with Crippen LogP contribution in [0.4, 0.5) is 10.7 Å². The van der Waals surface area contributed by atoms with E-state index in [-0.39, 0.29) is 5.91 Å². The smallest absolute Gasteiger partial charge is 0.263 e. The quantitative estimate of drug-likeness (QED) is 0.765. The molecule has 112 valence electrons. The van der Waals surface area contributed by atoms with E-state index in [1.54, 1.807) is 20.2 Å². The van der Waals surface area contributed by atoms with Gasteiger partial charge in [-0.25, -0.2) is 0 Å². The van der Waals surface area contributed by atoms with Crippen molar-refractivity contribution < 1.29 is 9.53 Å². The van der Waals surface area contributed by atoms with Crippen LogP contribution in [0, 0.1) is 0 Å². The molecule has 0 bridgehead atoms. The van der Waals surface area contributed by atoms with Crippen LogP contribution in [0.5, 0.6) is 5.75 Å². The third kappa shape index (κ3) is 3.88. The summed E-state index contributed by atoms with van der Waals surface area (Å²) in [6.07, 6.45) is 0.886. The predicted octanol–water partition coefficient (Wildman–Crippen LogP) is 2.35. The SMILES string of the molecule is CNC(=O)c1sc(NCCc2ccc(OC)cc2)cc1N. The maximum absolute atomic E-state index is 11.6. The molecule has 1 aromatic carbocycles. The van der Waals surface area contributed by atoms with Crippen molar-refractivity contribution in [3.63, 3.8) is 0 Å². The summed E-state index contributed by atoms with van der Waals surface area (Å²) < 4.78 is 5.13. The average Bonchev–Trinajstić information content (AvgIpc) is 2.88. The van der Waals surface area contributed by atoms with Gasteiger partial charge in [0.05, 0.1) is 17.8 Å². The van der Waals surface area contributed by atoms with Crippen molar-refractivity contribution >= 4 is 27.9 Å². The Hall–Kier alpha value is -2.21. The molecule has 0 fully saturated rings.